The van der Waals surface area contributed by atoms with Crippen molar-refractivity contribution >= 4 is 5.71 Å². The van der Waals surface area contributed by atoms with Gasteiger partial charge in [-0.05, 0) is 48.1 Å². The van der Waals surface area contributed by atoms with Crippen molar-refractivity contribution < 1.29 is 18.4 Å². The van der Waals surface area contributed by atoms with Crippen LogP contribution in [0.15, 0.2) is 47.6 Å². The summed E-state index contributed by atoms with van der Waals surface area (Å²) in [4.78, 5) is 0. The third-order valence-corrected chi connectivity index (χ3v) is 3.92. The first-order chi connectivity index (χ1) is 10.5. The molecule has 0 fully saturated rings. The average molecular weight is 305 g/mol. The molecule has 114 valence electrons. The van der Waals surface area contributed by atoms with Gasteiger partial charge in [-0.15, -0.1) is 0 Å². The van der Waals surface area contributed by atoms with Gasteiger partial charge in [0.15, 0.2) is 0 Å². The highest BCUT2D eigenvalue weighted by Gasteiger charge is 2.30. The Labute approximate surface area is 125 Å². The van der Waals surface area contributed by atoms with E-state index < -0.39 is 11.7 Å². The molecule has 0 saturated carbocycles. The zero-order valence-electron chi connectivity index (χ0n) is 11.7. The summed E-state index contributed by atoms with van der Waals surface area (Å²) in [6, 6.07) is 10.8. The predicted octanol–water partition coefficient (Wildman–Crippen LogP) is 4.89. The molecule has 5 heteroatoms. The van der Waals surface area contributed by atoms with Crippen LogP contribution in [-0.2, 0) is 12.6 Å². The summed E-state index contributed by atoms with van der Waals surface area (Å²) in [5, 5.41) is 12.3. The molecule has 0 aliphatic heterocycles. The number of rotatable bonds is 1. The number of hydrogen-bond acceptors (Lipinski definition) is 2. The Morgan fingerprint density at radius 1 is 0.955 bits per heavy atom. The molecular formula is C17H14F3NO. The van der Waals surface area contributed by atoms with Crippen molar-refractivity contribution in [1.82, 2.24) is 0 Å². The fourth-order valence-electron chi connectivity index (χ4n) is 2.82. The van der Waals surface area contributed by atoms with Gasteiger partial charge in [0.25, 0.3) is 0 Å². The molecule has 0 saturated heterocycles. The number of oxime groups is 1. The highest BCUT2D eigenvalue weighted by molar-refractivity contribution is 6.02. The summed E-state index contributed by atoms with van der Waals surface area (Å²) >= 11 is 0. The lowest BCUT2D eigenvalue weighted by molar-refractivity contribution is -0.137. The minimum absolute atomic E-state index is 0.533. The first-order valence-corrected chi connectivity index (χ1v) is 7.01. The molecule has 0 heterocycles. The highest BCUT2D eigenvalue weighted by atomic mass is 19.4. The first kappa shape index (κ1) is 14.6. The van der Waals surface area contributed by atoms with Gasteiger partial charge in [0.1, 0.15) is 0 Å². The lowest BCUT2D eigenvalue weighted by Gasteiger charge is -2.18. The van der Waals surface area contributed by atoms with Gasteiger partial charge >= 0.3 is 6.18 Å². The Morgan fingerprint density at radius 2 is 1.73 bits per heavy atom. The Morgan fingerprint density at radius 3 is 2.45 bits per heavy atom. The van der Waals surface area contributed by atoms with E-state index in [0.29, 0.717) is 17.7 Å². The number of fused-ring (bicyclic) bond motifs is 1. The van der Waals surface area contributed by atoms with E-state index in [2.05, 4.69) is 5.16 Å². The van der Waals surface area contributed by atoms with Crippen LogP contribution in [0.4, 0.5) is 13.2 Å². The Balaban J connectivity index is 2.04. The summed E-state index contributed by atoms with van der Waals surface area (Å²) in [5.74, 6) is 0. The molecule has 0 bridgehead atoms. The molecule has 3 rings (SSSR count). The second-order valence-electron chi connectivity index (χ2n) is 5.35. The van der Waals surface area contributed by atoms with Crippen LogP contribution in [-0.4, -0.2) is 10.9 Å². The fourth-order valence-corrected chi connectivity index (χ4v) is 2.82. The van der Waals surface area contributed by atoms with Crippen LogP contribution < -0.4 is 0 Å². The summed E-state index contributed by atoms with van der Waals surface area (Å²) in [6.07, 6.45) is -1.92. The van der Waals surface area contributed by atoms with Crippen LogP contribution >= 0.6 is 0 Å². The molecule has 0 amide bonds. The van der Waals surface area contributed by atoms with Crippen molar-refractivity contribution in [3.05, 3.63) is 59.2 Å². The number of benzene rings is 2. The molecule has 0 unspecified atom stereocenters. The van der Waals surface area contributed by atoms with Gasteiger partial charge in [0.2, 0.25) is 0 Å². The van der Waals surface area contributed by atoms with Crippen LogP contribution in [0.5, 0.6) is 0 Å². The number of hydrogen-bond donors (Lipinski definition) is 1. The third-order valence-electron chi connectivity index (χ3n) is 3.92. The minimum atomic E-state index is -4.35. The summed E-state index contributed by atoms with van der Waals surface area (Å²) in [7, 11) is 0. The van der Waals surface area contributed by atoms with Gasteiger partial charge in [0, 0.05) is 5.56 Å². The Hall–Kier alpha value is -2.30. The molecule has 1 aliphatic rings. The van der Waals surface area contributed by atoms with Gasteiger partial charge in [-0.25, -0.2) is 0 Å². The van der Waals surface area contributed by atoms with Gasteiger partial charge in [0.05, 0.1) is 11.3 Å². The van der Waals surface area contributed by atoms with Crippen molar-refractivity contribution in [2.75, 3.05) is 0 Å². The largest absolute Gasteiger partial charge is 0.416 e. The zero-order chi connectivity index (χ0) is 15.7. The number of aryl methyl sites for hydroxylation is 1. The van der Waals surface area contributed by atoms with Crippen molar-refractivity contribution in [3.63, 3.8) is 0 Å². The van der Waals surface area contributed by atoms with E-state index in [1.165, 1.54) is 6.07 Å². The predicted molar refractivity (Wildman–Crippen MR) is 78.1 cm³/mol. The van der Waals surface area contributed by atoms with E-state index in [1.54, 1.807) is 12.1 Å². The zero-order valence-corrected chi connectivity index (χ0v) is 11.7. The minimum Gasteiger partial charge on any atom is -0.411 e. The Kier molecular flexibility index (Phi) is 3.64. The fraction of sp³-hybridized carbons (Fsp3) is 0.235. The molecule has 0 spiro atoms. The SMILES string of the molecule is O/N=C1\CCCc2cc(-c3cccc(C(F)(F)F)c3)ccc21. The van der Waals surface area contributed by atoms with Gasteiger partial charge in [-0.2, -0.15) is 13.2 Å². The van der Waals surface area contributed by atoms with Gasteiger partial charge in [-0.1, -0.05) is 35.5 Å². The standard InChI is InChI=1S/C17H14F3NO/c18-17(19,20)14-5-1-3-11(10-14)12-7-8-15-13(9-12)4-2-6-16(15)21-22/h1,3,5,7-10,22H,2,4,6H2/b21-16+. The summed E-state index contributed by atoms with van der Waals surface area (Å²) in [5.41, 5.74) is 3.14. The molecule has 2 aromatic carbocycles. The van der Waals surface area contributed by atoms with Gasteiger partial charge < -0.3 is 5.21 Å². The van der Waals surface area contributed by atoms with E-state index in [-0.39, 0.29) is 0 Å². The molecule has 0 atom stereocenters. The maximum Gasteiger partial charge on any atom is 0.416 e. The topological polar surface area (TPSA) is 32.6 Å². The first-order valence-electron chi connectivity index (χ1n) is 7.01. The Bertz CT molecular complexity index is 735. The summed E-state index contributed by atoms with van der Waals surface area (Å²) < 4.78 is 38.4. The maximum absolute atomic E-state index is 12.8. The van der Waals surface area contributed by atoms with Crippen molar-refractivity contribution in [2.45, 2.75) is 25.4 Å². The molecule has 1 N–H and O–H groups in total. The van der Waals surface area contributed by atoms with E-state index >= 15 is 0 Å². The molecule has 2 nitrogen and oxygen atoms in total. The lowest BCUT2D eigenvalue weighted by atomic mass is 9.87. The van der Waals surface area contributed by atoms with E-state index in [4.69, 9.17) is 5.21 Å². The van der Waals surface area contributed by atoms with E-state index in [9.17, 15) is 13.2 Å². The van der Waals surface area contributed by atoms with Crippen molar-refractivity contribution in [3.8, 4) is 11.1 Å². The maximum atomic E-state index is 12.8. The average Bonchev–Trinajstić information content (AvgIpc) is 2.53. The third kappa shape index (κ3) is 2.71. The van der Waals surface area contributed by atoms with Crippen molar-refractivity contribution in [1.29, 1.82) is 0 Å². The van der Waals surface area contributed by atoms with Crippen LogP contribution in [0.1, 0.15) is 29.5 Å². The second kappa shape index (κ2) is 5.48. The number of nitrogens with zero attached hydrogens (tertiary/aromatic N) is 1. The van der Waals surface area contributed by atoms with Crippen molar-refractivity contribution in [2.24, 2.45) is 5.16 Å². The summed E-state index contributed by atoms with van der Waals surface area (Å²) in [6.45, 7) is 0. The van der Waals surface area contributed by atoms with Crippen LogP contribution in [0.2, 0.25) is 0 Å². The van der Waals surface area contributed by atoms with E-state index in [0.717, 1.165) is 41.7 Å². The molecular weight excluding hydrogens is 291 g/mol. The quantitative estimate of drug-likeness (QED) is 0.590. The monoisotopic (exact) mass is 305 g/mol. The van der Waals surface area contributed by atoms with Crippen LogP contribution in [0.3, 0.4) is 0 Å². The molecule has 0 aromatic heterocycles. The second-order valence-corrected chi connectivity index (χ2v) is 5.35. The lowest BCUT2D eigenvalue weighted by Crippen LogP contribution is -2.12. The molecule has 1 aliphatic carbocycles. The number of alkyl halides is 3. The highest BCUT2D eigenvalue weighted by Crippen LogP contribution is 2.33. The van der Waals surface area contributed by atoms with Crippen LogP contribution in [0, 0.1) is 0 Å². The molecule has 2 aromatic rings. The molecule has 22 heavy (non-hydrogen) atoms. The number of halogens is 3. The van der Waals surface area contributed by atoms with Crippen LogP contribution in [0.25, 0.3) is 11.1 Å². The van der Waals surface area contributed by atoms with Gasteiger partial charge in [-0.3, -0.25) is 0 Å². The molecule has 0 radical (unpaired) electrons. The smallest absolute Gasteiger partial charge is 0.411 e. The van der Waals surface area contributed by atoms with E-state index in [1.807, 2.05) is 12.1 Å². The normalized spacial score (nSPS) is 16.6.